The van der Waals surface area contributed by atoms with E-state index in [-0.39, 0.29) is 5.57 Å². The topological polar surface area (TPSA) is 84.9 Å². The Kier molecular flexibility index (Phi) is 7.11. The molecule has 4 aromatic rings. The molecular weight excluding hydrogens is 504 g/mol. The smallest absolute Gasteiger partial charge is 0.335 e. The maximum atomic E-state index is 13.2. The van der Waals surface area contributed by atoms with Gasteiger partial charge in [0.05, 0.1) is 12.3 Å². The predicted octanol–water partition coefficient (Wildman–Crippen LogP) is 6.14. The van der Waals surface area contributed by atoms with Crippen molar-refractivity contribution >= 4 is 52.0 Å². The van der Waals surface area contributed by atoms with Gasteiger partial charge in [-0.2, -0.15) is 0 Å². The van der Waals surface area contributed by atoms with E-state index in [4.69, 9.17) is 21.1 Å². The third-order valence-corrected chi connectivity index (χ3v) is 6.28. The summed E-state index contributed by atoms with van der Waals surface area (Å²) in [5.41, 5.74) is 1.68. The van der Waals surface area contributed by atoms with Crippen molar-refractivity contribution in [1.29, 1.82) is 0 Å². The highest BCUT2D eigenvalue weighted by molar-refractivity contribution is 6.39. The van der Waals surface area contributed by atoms with Gasteiger partial charge in [0.1, 0.15) is 12.2 Å². The Hall–Kier alpha value is -4.62. The summed E-state index contributed by atoms with van der Waals surface area (Å²) in [4.78, 5) is 39.1. The lowest BCUT2D eigenvalue weighted by molar-refractivity contribution is -0.122. The molecule has 0 atom stereocenters. The largest absolute Gasteiger partial charge is 0.490 e. The first-order chi connectivity index (χ1) is 18.4. The molecule has 1 aliphatic heterocycles. The number of benzene rings is 4. The summed E-state index contributed by atoms with van der Waals surface area (Å²) in [5, 5.41) is 4.91. The van der Waals surface area contributed by atoms with Crippen LogP contribution in [0.1, 0.15) is 18.1 Å². The number of carbonyl (C=O) groups excluding carboxylic acids is 3. The van der Waals surface area contributed by atoms with Crippen molar-refractivity contribution in [2.75, 3.05) is 11.5 Å². The first-order valence-corrected chi connectivity index (χ1v) is 12.4. The molecule has 0 aromatic heterocycles. The number of anilines is 1. The van der Waals surface area contributed by atoms with E-state index in [1.54, 1.807) is 30.3 Å². The van der Waals surface area contributed by atoms with Gasteiger partial charge in [0.2, 0.25) is 0 Å². The van der Waals surface area contributed by atoms with Crippen LogP contribution in [0.3, 0.4) is 0 Å². The summed E-state index contributed by atoms with van der Waals surface area (Å²) in [6.07, 6.45) is 1.42. The van der Waals surface area contributed by atoms with Gasteiger partial charge >= 0.3 is 6.03 Å². The average Bonchev–Trinajstić information content (AvgIpc) is 2.91. The SMILES string of the molecule is CCOc1cc(C=C2C(=O)NC(=O)N(c3ccc(Cl)cc3)C2=O)ccc1OCc1cccc2ccccc12. The zero-order valence-electron chi connectivity index (χ0n) is 20.4. The second kappa shape index (κ2) is 10.8. The van der Waals surface area contributed by atoms with Crippen LogP contribution in [-0.4, -0.2) is 24.5 Å². The molecule has 0 bridgehead atoms. The predicted molar refractivity (Wildman–Crippen MR) is 146 cm³/mol. The quantitative estimate of drug-likeness (QED) is 0.231. The Morgan fingerprint density at radius 2 is 1.63 bits per heavy atom. The van der Waals surface area contributed by atoms with Gasteiger partial charge in [-0.25, -0.2) is 9.69 Å². The molecule has 5 rings (SSSR count). The van der Waals surface area contributed by atoms with Gasteiger partial charge in [0.25, 0.3) is 11.8 Å². The minimum absolute atomic E-state index is 0.188. The average molecular weight is 527 g/mol. The van der Waals surface area contributed by atoms with Gasteiger partial charge in [-0.3, -0.25) is 14.9 Å². The van der Waals surface area contributed by atoms with Crippen molar-refractivity contribution in [3.05, 3.63) is 107 Å². The van der Waals surface area contributed by atoms with Crippen LogP contribution in [0.2, 0.25) is 5.02 Å². The van der Waals surface area contributed by atoms with Crippen LogP contribution < -0.4 is 19.7 Å². The Balaban J connectivity index is 1.42. The fourth-order valence-corrected chi connectivity index (χ4v) is 4.35. The Morgan fingerprint density at radius 1 is 0.868 bits per heavy atom. The number of carbonyl (C=O) groups is 3. The fourth-order valence-electron chi connectivity index (χ4n) is 4.22. The molecule has 7 nitrogen and oxygen atoms in total. The van der Waals surface area contributed by atoms with Crippen LogP contribution in [-0.2, 0) is 16.2 Å². The number of fused-ring (bicyclic) bond motifs is 1. The van der Waals surface area contributed by atoms with Crippen molar-refractivity contribution in [3.63, 3.8) is 0 Å². The normalized spacial score (nSPS) is 14.6. The number of urea groups is 1. The summed E-state index contributed by atoms with van der Waals surface area (Å²) in [7, 11) is 0. The molecule has 4 aromatic carbocycles. The Labute approximate surface area is 224 Å². The maximum Gasteiger partial charge on any atom is 0.335 e. The molecule has 1 N–H and O–H groups in total. The van der Waals surface area contributed by atoms with Gasteiger partial charge in [-0.05, 0) is 71.3 Å². The van der Waals surface area contributed by atoms with Crippen LogP contribution in [0.4, 0.5) is 10.5 Å². The maximum absolute atomic E-state index is 13.2. The van der Waals surface area contributed by atoms with Crippen LogP contribution in [0, 0.1) is 0 Å². The molecule has 8 heteroatoms. The number of barbiturate groups is 1. The summed E-state index contributed by atoms with van der Waals surface area (Å²) < 4.78 is 11.9. The zero-order valence-corrected chi connectivity index (χ0v) is 21.2. The fraction of sp³-hybridized carbons (Fsp3) is 0.100. The number of halogens is 1. The molecule has 1 heterocycles. The third-order valence-electron chi connectivity index (χ3n) is 6.03. The molecule has 0 aliphatic carbocycles. The lowest BCUT2D eigenvalue weighted by atomic mass is 10.1. The van der Waals surface area contributed by atoms with Crippen molar-refractivity contribution < 1.29 is 23.9 Å². The van der Waals surface area contributed by atoms with Crippen molar-refractivity contribution in [3.8, 4) is 11.5 Å². The minimum Gasteiger partial charge on any atom is -0.490 e. The highest BCUT2D eigenvalue weighted by Crippen LogP contribution is 2.32. The standard InChI is InChI=1S/C30H23ClN2O5/c1-2-37-27-17-19(10-15-26(27)38-18-21-8-5-7-20-6-3-4-9-24(20)21)16-25-28(34)32-30(36)33(29(25)35)23-13-11-22(31)12-14-23/h3-17H,2,18H2,1H3,(H,32,34,36). The van der Waals surface area contributed by atoms with E-state index >= 15 is 0 Å². The number of hydrogen-bond acceptors (Lipinski definition) is 5. The second-order valence-corrected chi connectivity index (χ2v) is 8.94. The van der Waals surface area contributed by atoms with E-state index in [0.717, 1.165) is 21.2 Å². The molecule has 1 fully saturated rings. The summed E-state index contributed by atoms with van der Waals surface area (Å²) >= 11 is 5.93. The van der Waals surface area contributed by atoms with Crippen LogP contribution in [0.15, 0.2) is 90.5 Å². The molecule has 0 spiro atoms. The number of imide groups is 2. The van der Waals surface area contributed by atoms with Gasteiger partial charge < -0.3 is 9.47 Å². The molecule has 38 heavy (non-hydrogen) atoms. The van der Waals surface area contributed by atoms with Gasteiger partial charge in [-0.15, -0.1) is 0 Å². The Bertz CT molecular complexity index is 1570. The lowest BCUT2D eigenvalue weighted by Gasteiger charge is -2.26. The van der Waals surface area contributed by atoms with Gasteiger partial charge in [0, 0.05) is 5.02 Å². The number of nitrogens with zero attached hydrogens (tertiary/aromatic N) is 1. The molecule has 1 aliphatic rings. The van der Waals surface area contributed by atoms with E-state index < -0.39 is 17.8 Å². The second-order valence-electron chi connectivity index (χ2n) is 8.50. The molecule has 190 valence electrons. The molecular formula is C30H23ClN2O5. The number of nitrogens with one attached hydrogen (secondary N) is 1. The van der Waals surface area contributed by atoms with E-state index in [1.165, 1.54) is 18.2 Å². The van der Waals surface area contributed by atoms with Crippen molar-refractivity contribution in [2.24, 2.45) is 0 Å². The summed E-state index contributed by atoms with van der Waals surface area (Å²) in [6.45, 7) is 2.58. The monoisotopic (exact) mass is 526 g/mol. The van der Waals surface area contributed by atoms with E-state index in [2.05, 4.69) is 23.5 Å². The number of amides is 4. The minimum atomic E-state index is -0.827. The van der Waals surface area contributed by atoms with Gasteiger partial charge in [-0.1, -0.05) is 60.1 Å². The molecule has 0 saturated carbocycles. The third kappa shape index (κ3) is 5.10. The summed E-state index contributed by atoms with van der Waals surface area (Å²) in [6, 6.07) is 24.6. The Morgan fingerprint density at radius 3 is 2.42 bits per heavy atom. The molecule has 4 amide bonds. The number of hydrogen-bond donors (Lipinski definition) is 1. The lowest BCUT2D eigenvalue weighted by Crippen LogP contribution is -2.54. The molecule has 0 radical (unpaired) electrons. The summed E-state index contributed by atoms with van der Waals surface area (Å²) in [5.74, 6) is -0.523. The van der Waals surface area contributed by atoms with E-state index in [1.807, 2.05) is 31.2 Å². The highest BCUT2D eigenvalue weighted by atomic mass is 35.5. The van der Waals surface area contributed by atoms with Crippen LogP contribution in [0.25, 0.3) is 16.8 Å². The first-order valence-electron chi connectivity index (χ1n) is 12.0. The highest BCUT2D eigenvalue weighted by Gasteiger charge is 2.36. The zero-order chi connectivity index (χ0) is 26.6. The first kappa shape index (κ1) is 25.0. The van der Waals surface area contributed by atoms with Crippen LogP contribution in [0.5, 0.6) is 11.5 Å². The van der Waals surface area contributed by atoms with Crippen LogP contribution >= 0.6 is 11.6 Å². The van der Waals surface area contributed by atoms with Crippen molar-refractivity contribution in [2.45, 2.75) is 13.5 Å². The van der Waals surface area contributed by atoms with E-state index in [0.29, 0.717) is 41.0 Å². The van der Waals surface area contributed by atoms with Crippen molar-refractivity contribution in [1.82, 2.24) is 5.32 Å². The van der Waals surface area contributed by atoms with E-state index in [9.17, 15) is 14.4 Å². The van der Waals surface area contributed by atoms with Gasteiger partial charge in [0.15, 0.2) is 11.5 Å². The number of rotatable bonds is 7. The number of ether oxygens (including phenoxy) is 2. The molecule has 0 unspecified atom stereocenters. The molecule has 1 saturated heterocycles.